The Bertz CT molecular complexity index is 352. The first-order chi connectivity index (χ1) is 7.77. The van der Waals surface area contributed by atoms with E-state index in [1.54, 1.807) is 18.0 Å². The number of thioether (sulfide) groups is 1. The predicted molar refractivity (Wildman–Crippen MR) is 65.0 cm³/mol. The Morgan fingerprint density at radius 2 is 2.56 bits per heavy atom. The molecule has 0 saturated carbocycles. The first-order valence-corrected chi connectivity index (χ1v) is 6.45. The number of nitrogens with one attached hydrogen (secondary N) is 2. The first-order valence-electron chi connectivity index (χ1n) is 5.30. The Balaban J connectivity index is 1.92. The van der Waals surface area contributed by atoms with Crippen molar-refractivity contribution in [2.45, 2.75) is 19.0 Å². The van der Waals surface area contributed by atoms with Crippen LogP contribution in [0.15, 0.2) is 24.4 Å². The molecule has 4 nitrogen and oxygen atoms in total. The molecule has 0 aliphatic carbocycles. The highest BCUT2D eigenvalue weighted by Crippen LogP contribution is 2.12. The van der Waals surface area contributed by atoms with Crippen LogP contribution < -0.4 is 10.6 Å². The Morgan fingerprint density at radius 1 is 1.69 bits per heavy atom. The van der Waals surface area contributed by atoms with Gasteiger partial charge in [-0.05, 0) is 19.1 Å². The molecule has 2 rings (SSSR count). The van der Waals surface area contributed by atoms with Crippen LogP contribution in [0.2, 0.25) is 0 Å². The molecule has 2 atom stereocenters. The fourth-order valence-corrected chi connectivity index (χ4v) is 2.53. The van der Waals surface area contributed by atoms with E-state index < -0.39 is 0 Å². The van der Waals surface area contributed by atoms with Crippen molar-refractivity contribution < 1.29 is 4.79 Å². The molecule has 2 heterocycles. The Labute approximate surface area is 99.2 Å². The number of pyridine rings is 1. The number of amides is 1. The lowest BCUT2D eigenvalue weighted by atomic mass is 10.2. The van der Waals surface area contributed by atoms with Crippen molar-refractivity contribution in [2.24, 2.45) is 0 Å². The largest absolute Gasteiger partial charge is 0.347 e. The summed E-state index contributed by atoms with van der Waals surface area (Å²) in [6, 6.07) is 5.61. The van der Waals surface area contributed by atoms with Crippen LogP contribution in [0.1, 0.15) is 18.7 Å². The van der Waals surface area contributed by atoms with E-state index in [4.69, 9.17) is 0 Å². The van der Waals surface area contributed by atoms with Gasteiger partial charge < -0.3 is 5.32 Å². The van der Waals surface area contributed by atoms with Crippen molar-refractivity contribution in [3.63, 3.8) is 0 Å². The average molecular weight is 237 g/mol. The second-order valence-corrected chi connectivity index (χ2v) is 4.79. The van der Waals surface area contributed by atoms with E-state index in [1.807, 2.05) is 25.1 Å². The van der Waals surface area contributed by atoms with Gasteiger partial charge in [-0.15, -0.1) is 11.8 Å². The molecule has 0 spiro atoms. The first kappa shape index (κ1) is 11.4. The minimum Gasteiger partial charge on any atom is -0.347 e. The van der Waals surface area contributed by atoms with Crippen LogP contribution in [0.3, 0.4) is 0 Å². The minimum atomic E-state index is -0.0591. The van der Waals surface area contributed by atoms with Gasteiger partial charge in [-0.1, -0.05) is 6.07 Å². The zero-order chi connectivity index (χ0) is 11.4. The van der Waals surface area contributed by atoms with Gasteiger partial charge in [0.25, 0.3) is 0 Å². The Kier molecular flexibility index (Phi) is 3.79. The highest BCUT2D eigenvalue weighted by molar-refractivity contribution is 7.99. The maximum Gasteiger partial charge on any atom is 0.238 e. The zero-order valence-corrected chi connectivity index (χ0v) is 9.96. The lowest BCUT2D eigenvalue weighted by Gasteiger charge is -2.16. The molecule has 1 aliphatic heterocycles. The van der Waals surface area contributed by atoms with Crippen LogP contribution in [0, 0.1) is 0 Å². The average Bonchev–Trinajstić information content (AvgIpc) is 2.83. The molecule has 5 heteroatoms. The van der Waals surface area contributed by atoms with E-state index in [2.05, 4.69) is 15.6 Å². The summed E-state index contributed by atoms with van der Waals surface area (Å²) < 4.78 is 0. The maximum atomic E-state index is 11.8. The molecule has 2 N–H and O–H groups in total. The number of hydrogen-bond acceptors (Lipinski definition) is 4. The summed E-state index contributed by atoms with van der Waals surface area (Å²) >= 11 is 1.75. The monoisotopic (exact) mass is 237 g/mol. The van der Waals surface area contributed by atoms with Gasteiger partial charge in [0, 0.05) is 17.8 Å². The van der Waals surface area contributed by atoms with Crippen LogP contribution in [-0.4, -0.2) is 28.6 Å². The molecule has 1 aromatic rings. The molecular formula is C11H15N3OS. The number of carbonyl (C=O) groups excluding carboxylic acids is 1. The van der Waals surface area contributed by atoms with E-state index in [0.29, 0.717) is 0 Å². The summed E-state index contributed by atoms with van der Waals surface area (Å²) in [5.41, 5.74) is 0.890. The molecule has 1 fully saturated rings. The molecule has 1 amide bonds. The Hall–Kier alpha value is -1.07. The van der Waals surface area contributed by atoms with Crippen LogP contribution >= 0.6 is 11.8 Å². The van der Waals surface area contributed by atoms with E-state index in [9.17, 15) is 4.79 Å². The molecule has 0 radical (unpaired) electrons. The van der Waals surface area contributed by atoms with Crippen molar-refractivity contribution in [1.29, 1.82) is 0 Å². The van der Waals surface area contributed by atoms with Crippen molar-refractivity contribution in [3.8, 4) is 0 Å². The van der Waals surface area contributed by atoms with Crippen LogP contribution in [0.5, 0.6) is 0 Å². The Morgan fingerprint density at radius 3 is 3.19 bits per heavy atom. The third kappa shape index (κ3) is 2.74. The highest BCUT2D eigenvalue weighted by Gasteiger charge is 2.23. The number of aromatic nitrogens is 1. The van der Waals surface area contributed by atoms with Crippen LogP contribution in [-0.2, 0) is 4.79 Å². The summed E-state index contributed by atoms with van der Waals surface area (Å²) in [5, 5.41) is 6.10. The fourth-order valence-electron chi connectivity index (χ4n) is 1.58. The topological polar surface area (TPSA) is 54.0 Å². The van der Waals surface area contributed by atoms with Crippen molar-refractivity contribution in [3.05, 3.63) is 30.1 Å². The normalized spacial score (nSPS) is 21.7. The van der Waals surface area contributed by atoms with Crippen LogP contribution in [0.4, 0.5) is 0 Å². The van der Waals surface area contributed by atoms with Gasteiger partial charge in [-0.2, -0.15) is 0 Å². The molecule has 0 bridgehead atoms. The predicted octanol–water partition coefficient (Wildman–Crippen LogP) is 0.921. The van der Waals surface area contributed by atoms with Crippen molar-refractivity contribution in [2.75, 3.05) is 11.6 Å². The van der Waals surface area contributed by atoms with Gasteiger partial charge in [0.1, 0.15) is 0 Å². The second kappa shape index (κ2) is 5.32. The van der Waals surface area contributed by atoms with E-state index in [0.717, 1.165) is 17.3 Å². The van der Waals surface area contributed by atoms with E-state index in [-0.39, 0.29) is 18.0 Å². The fraction of sp³-hybridized carbons (Fsp3) is 0.455. The SMILES string of the molecule is C[C@H](NC(=O)C1CSCN1)c1ccccn1. The van der Waals surface area contributed by atoms with Crippen molar-refractivity contribution >= 4 is 17.7 Å². The van der Waals surface area contributed by atoms with E-state index >= 15 is 0 Å². The summed E-state index contributed by atoms with van der Waals surface area (Å²) in [4.78, 5) is 16.0. The number of hydrogen-bond donors (Lipinski definition) is 2. The zero-order valence-electron chi connectivity index (χ0n) is 9.14. The number of nitrogens with zero attached hydrogens (tertiary/aromatic N) is 1. The minimum absolute atomic E-state index is 0.0406. The lowest BCUT2D eigenvalue weighted by Crippen LogP contribution is -2.43. The third-order valence-electron chi connectivity index (χ3n) is 2.52. The molecule has 1 aromatic heterocycles. The lowest BCUT2D eigenvalue weighted by molar-refractivity contribution is -0.123. The highest BCUT2D eigenvalue weighted by atomic mass is 32.2. The smallest absolute Gasteiger partial charge is 0.238 e. The number of rotatable bonds is 3. The summed E-state index contributed by atoms with van der Waals surface area (Å²) in [7, 11) is 0. The standard InChI is InChI=1S/C11H15N3OS/c1-8(9-4-2-3-5-12-9)14-11(15)10-6-16-7-13-10/h2-5,8,10,13H,6-7H2,1H3,(H,14,15)/t8-,10?/m0/s1. The van der Waals surface area contributed by atoms with Crippen LogP contribution in [0.25, 0.3) is 0 Å². The van der Waals surface area contributed by atoms with Gasteiger partial charge in [-0.3, -0.25) is 15.1 Å². The third-order valence-corrected chi connectivity index (χ3v) is 3.46. The summed E-state index contributed by atoms with van der Waals surface area (Å²) in [5.74, 6) is 1.76. The molecule has 16 heavy (non-hydrogen) atoms. The number of carbonyl (C=O) groups is 1. The van der Waals surface area contributed by atoms with Gasteiger partial charge in [0.2, 0.25) is 5.91 Å². The maximum absolute atomic E-state index is 11.8. The molecular weight excluding hydrogens is 222 g/mol. The molecule has 0 aromatic carbocycles. The molecule has 1 saturated heterocycles. The summed E-state index contributed by atoms with van der Waals surface area (Å²) in [6.45, 7) is 1.95. The molecule has 1 unspecified atom stereocenters. The van der Waals surface area contributed by atoms with Gasteiger partial charge in [0.05, 0.1) is 17.8 Å². The molecule has 1 aliphatic rings. The van der Waals surface area contributed by atoms with E-state index in [1.165, 1.54) is 0 Å². The van der Waals surface area contributed by atoms with Gasteiger partial charge in [0.15, 0.2) is 0 Å². The second-order valence-electron chi connectivity index (χ2n) is 3.76. The van der Waals surface area contributed by atoms with Gasteiger partial charge in [-0.25, -0.2) is 0 Å². The van der Waals surface area contributed by atoms with Gasteiger partial charge >= 0.3 is 0 Å². The molecule has 86 valence electrons. The van der Waals surface area contributed by atoms with Crippen molar-refractivity contribution in [1.82, 2.24) is 15.6 Å². The quantitative estimate of drug-likeness (QED) is 0.821. The summed E-state index contributed by atoms with van der Waals surface area (Å²) in [6.07, 6.45) is 1.74.